The standard InChI is InChI=1S/C25H16Cl2F3N3O5/c1-37-24(36)22(34)32-15-8-18(26)21(19(27)9-15)38-16-5-6-17-20(10-16)31-12-33(23(17)35)11-13-3-2-4-14(7-13)25(28,29)30/h2-10,12H,11H2,1H3,(H,32,34). The van der Waals surface area contributed by atoms with Gasteiger partial charge in [-0.1, -0.05) is 35.3 Å². The SMILES string of the molecule is COC(=O)C(=O)Nc1cc(Cl)c(Oc2ccc3c(=O)n(Cc4cccc(C(F)(F)F)c4)cnc3c2)c(Cl)c1. The molecule has 0 fully saturated rings. The number of esters is 1. The molecule has 4 rings (SSSR count). The van der Waals surface area contributed by atoms with Crippen LogP contribution >= 0.6 is 23.2 Å². The van der Waals surface area contributed by atoms with Gasteiger partial charge in [-0.25, -0.2) is 9.78 Å². The van der Waals surface area contributed by atoms with Crippen molar-refractivity contribution in [1.82, 2.24) is 9.55 Å². The minimum Gasteiger partial charge on any atom is -0.462 e. The van der Waals surface area contributed by atoms with E-state index in [9.17, 15) is 27.6 Å². The molecule has 38 heavy (non-hydrogen) atoms. The van der Waals surface area contributed by atoms with E-state index in [0.29, 0.717) is 5.56 Å². The number of anilines is 1. The highest BCUT2D eigenvalue weighted by Crippen LogP contribution is 2.39. The molecule has 0 aliphatic heterocycles. The number of aromatic nitrogens is 2. The average molecular weight is 566 g/mol. The number of hydrogen-bond donors (Lipinski definition) is 1. The van der Waals surface area contributed by atoms with Gasteiger partial charge in [0.1, 0.15) is 5.75 Å². The van der Waals surface area contributed by atoms with Crippen LogP contribution in [0, 0.1) is 0 Å². The third-order valence-electron chi connectivity index (χ3n) is 5.25. The number of alkyl halides is 3. The summed E-state index contributed by atoms with van der Waals surface area (Å²) in [6, 6.07) is 11.7. The van der Waals surface area contributed by atoms with Crippen LogP contribution in [0.5, 0.6) is 11.5 Å². The maximum absolute atomic E-state index is 13.0. The molecular formula is C25H16Cl2F3N3O5. The molecule has 196 valence electrons. The van der Waals surface area contributed by atoms with Crippen LogP contribution in [0.3, 0.4) is 0 Å². The molecule has 0 saturated heterocycles. The van der Waals surface area contributed by atoms with Gasteiger partial charge in [0.05, 0.1) is 46.5 Å². The summed E-state index contributed by atoms with van der Waals surface area (Å²) in [7, 11) is 1.06. The number of carbonyl (C=O) groups excluding carboxylic acids is 2. The Kier molecular flexibility index (Phi) is 7.61. The lowest BCUT2D eigenvalue weighted by Crippen LogP contribution is -2.23. The molecule has 3 aromatic carbocycles. The summed E-state index contributed by atoms with van der Waals surface area (Å²) in [5, 5.41) is 2.53. The van der Waals surface area contributed by atoms with E-state index in [2.05, 4.69) is 15.0 Å². The van der Waals surface area contributed by atoms with Crippen LogP contribution in [0.2, 0.25) is 10.0 Å². The monoisotopic (exact) mass is 565 g/mol. The number of nitrogens with one attached hydrogen (secondary N) is 1. The van der Waals surface area contributed by atoms with Gasteiger partial charge >= 0.3 is 18.1 Å². The molecule has 0 radical (unpaired) electrons. The molecule has 0 spiro atoms. The van der Waals surface area contributed by atoms with Crippen molar-refractivity contribution < 1.29 is 32.2 Å². The van der Waals surface area contributed by atoms with Gasteiger partial charge in [0.25, 0.3) is 5.56 Å². The number of nitrogens with zero attached hydrogens (tertiary/aromatic N) is 2. The minimum atomic E-state index is -4.50. The van der Waals surface area contributed by atoms with Crippen LogP contribution < -0.4 is 15.6 Å². The number of halogens is 5. The first-order valence-corrected chi connectivity index (χ1v) is 11.4. The van der Waals surface area contributed by atoms with Crippen molar-refractivity contribution in [2.45, 2.75) is 12.7 Å². The normalized spacial score (nSPS) is 11.3. The predicted octanol–water partition coefficient (Wildman–Crippen LogP) is 5.67. The molecule has 0 aliphatic rings. The zero-order valence-corrected chi connectivity index (χ0v) is 20.8. The van der Waals surface area contributed by atoms with Crippen LogP contribution in [0.15, 0.2) is 65.7 Å². The molecule has 8 nitrogen and oxygen atoms in total. The summed E-state index contributed by atoms with van der Waals surface area (Å²) in [5.41, 5.74) is -0.583. The van der Waals surface area contributed by atoms with Gasteiger partial charge in [-0.2, -0.15) is 13.2 Å². The second kappa shape index (κ2) is 10.7. The van der Waals surface area contributed by atoms with Crippen LogP contribution in [0.25, 0.3) is 10.9 Å². The van der Waals surface area contributed by atoms with E-state index in [-0.39, 0.29) is 44.7 Å². The molecular weight excluding hydrogens is 550 g/mol. The highest BCUT2D eigenvalue weighted by atomic mass is 35.5. The van der Waals surface area contributed by atoms with E-state index in [1.165, 1.54) is 53.4 Å². The van der Waals surface area contributed by atoms with Crippen LogP contribution in [0.1, 0.15) is 11.1 Å². The van der Waals surface area contributed by atoms with E-state index in [4.69, 9.17) is 27.9 Å². The first-order chi connectivity index (χ1) is 18.0. The zero-order chi connectivity index (χ0) is 27.6. The number of rotatable bonds is 5. The third-order valence-corrected chi connectivity index (χ3v) is 5.81. The highest BCUT2D eigenvalue weighted by Gasteiger charge is 2.30. The highest BCUT2D eigenvalue weighted by molar-refractivity contribution is 6.39. The van der Waals surface area contributed by atoms with Crippen molar-refractivity contribution in [3.8, 4) is 11.5 Å². The van der Waals surface area contributed by atoms with E-state index >= 15 is 0 Å². The Labute approximate surface area is 222 Å². The molecule has 0 saturated carbocycles. The van der Waals surface area contributed by atoms with Crippen molar-refractivity contribution in [2.75, 3.05) is 12.4 Å². The summed E-state index contributed by atoms with van der Waals surface area (Å²) < 4.78 is 50.3. The smallest absolute Gasteiger partial charge is 0.416 e. The number of methoxy groups -OCH3 is 1. The summed E-state index contributed by atoms with van der Waals surface area (Å²) in [6.45, 7) is -0.103. The van der Waals surface area contributed by atoms with Crippen molar-refractivity contribution in [3.05, 3.63) is 92.5 Å². The third kappa shape index (κ3) is 5.90. The van der Waals surface area contributed by atoms with Gasteiger partial charge in [-0.05, 0) is 42.0 Å². The number of hydrogen-bond acceptors (Lipinski definition) is 6. The zero-order valence-electron chi connectivity index (χ0n) is 19.3. The van der Waals surface area contributed by atoms with E-state index in [1.54, 1.807) is 0 Å². The fourth-order valence-corrected chi connectivity index (χ4v) is 4.04. The Hall–Kier alpha value is -4.09. The van der Waals surface area contributed by atoms with Crippen molar-refractivity contribution in [1.29, 1.82) is 0 Å². The molecule has 0 bridgehead atoms. The minimum absolute atomic E-state index is 0.0160. The predicted molar refractivity (Wildman–Crippen MR) is 134 cm³/mol. The molecule has 13 heteroatoms. The van der Waals surface area contributed by atoms with Gasteiger partial charge in [-0.15, -0.1) is 0 Å². The van der Waals surface area contributed by atoms with Crippen molar-refractivity contribution in [3.63, 3.8) is 0 Å². The Morgan fingerprint density at radius 3 is 2.42 bits per heavy atom. The molecule has 4 aromatic rings. The number of carbonyl (C=O) groups is 2. The molecule has 0 aliphatic carbocycles. The molecule has 1 N–H and O–H groups in total. The first-order valence-electron chi connectivity index (χ1n) is 10.7. The van der Waals surface area contributed by atoms with Gasteiger partial charge in [-0.3, -0.25) is 14.2 Å². The second-order valence-corrected chi connectivity index (χ2v) is 8.69. The summed E-state index contributed by atoms with van der Waals surface area (Å²) >= 11 is 12.5. The van der Waals surface area contributed by atoms with E-state index < -0.39 is 29.2 Å². The van der Waals surface area contributed by atoms with Crippen LogP contribution in [-0.4, -0.2) is 28.5 Å². The van der Waals surface area contributed by atoms with Gasteiger partial charge in [0, 0.05) is 11.8 Å². The Morgan fingerprint density at radius 2 is 1.76 bits per heavy atom. The number of fused-ring (bicyclic) bond motifs is 1. The molecule has 1 aromatic heterocycles. The fraction of sp³-hybridized carbons (Fsp3) is 0.120. The molecule has 1 heterocycles. The van der Waals surface area contributed by atoms with Crippen molar-refractivity contribution >= 4 is 51.7 Å². The van der Waals surface area contributed by atoms with E-state index in [0.717, 1.165) is 19.2 Å². The second-order valence-electron chi connectivity index (χ2n) is 7.87. The van der Waals surface area contributed by atoms with Gasteiger partial charge < -0.3 is 14.8 Å². The maximum atomic E-state index is 13.0. The Balaban J connectivity index is 1.57. The molecule has 1 amide bonds. The lowest BCUT2D eigenvalue weighted by atomic mass is 10.1. The summed E-state index contributed by atoms with van der Waals surface area (Å²) in [5.74, 6) is -1.85. The summed E-state index contributed by atoms with van der Waals surface area (Å²) in [4.78, 5) is 40.2. The fourth-order valence-electron chi connectivity index (χ4n) is 3.48. The van der Waals surface area contributed by atoms with Crippen LogP contribution in [0.4, 0.5) is 18.9 Å². The summed E-state index contributed by atoms with van der Waals surface area (Å²) in [6.07, 6.45) is -3.27. The van der Waals surface area contributed by atoms with Gasteiger partial charge in [0.15, 0.2) is 5.75 Å². The Bertz CT molecular complexity index is 1600. The number of amides is 1. The van der Waals surface area contributed by atoms with Crippen molar-refractivity contribution in [2.24, 2.45) is 0 Å². The number of benzene rings is 3. The quantitative estimate of drug-likeness (QED) is 0.247. The van der Waals surface area contributed by atoms with Crippen LogP contribution in [-0.2, 0) is 27.0 Å². The maximum Gasteiger partial charge on any atom is 0.416 e. The average Bonchev–Trinajstić information content (AvgIpc) is 2.87. The largest absolute Gasteiger partial charge is 0.462 e. The Morgan fingerprint density at radius 1 is 1.05 bits per heavy atom. The van der Waals surface area contributed by atoms with Gasteiger partial charge in [0.2, 0.25) is 0 Å². The number of ether oxygens (including phenoxy) is 2. The molecule has 0 unspecified atom stereocenters. The molecule has 0 atom stereocenters. The van der Waals surface area contributed by atoms with E-state index in [1.807, 2.05) is 0 Å². The lowest BCUT2D eigenvalue weighted by Gasteiger charge is -2.13. The lowest BCUT2D eigenvalue weighted by molar-refractivity contribution is -0.150. The first kappa shape index (κ1) is 27.0. The topological polar surface area (TPSA) is 99.5 Å².